The highest BCUT2D eigenvalue weighted by molar-refractivity contribution is 5.96. The molecule has 0 fully saturated rings. The van der Waals surface area contributed by atoms with E-state index in [2.05, 4.69) is 20.8 Å². The molecule has 0 aliphatic rings. The van der Waals surface area contributed by atoms with Gasteiger partial charge < -0.3 is 10.6 Å². The van der Waals surface area contributed by atoms with E-state index in [0.29, 0.717) is 12.1 Å². The van der Waals surface area contributed by atoms with Crippen LogP contribution in [0, 0.1) is 6.92 Å². The Hall–Kier alpha value is -2.30. The van der Waals surface area contributed by atoms with Crippen molar-refractivity contribution in [3.8, 4) is 0 Å². The van der Waals surface area contributed by atoms with Crippen LogP contribution in [0.4, 0.5) is 5.69 Å². The van der Waals surface area contributed by atoms with Crippen LogP contribution in [0.3, 0.4) is 0 Å². The Bertz CT molecular complexity index is 534. The third-order valence-electron chi connectivity index (χ3n) is 2.77. The molecule has 0 unspecified atom stereocenters. The number of carbonyl (C=O) groups is 1. The smallest absolute Gasteiger partial charge is 0.251 e. The molecule has 1 aromatic heterocycles. The van der Waals surface area contributed by atoms with Crippen LogP contribution >= 0.6 is 0 Å². The van der Waals surface area contributed by atoms with Crippen LogP contribution in [0.15, 0.2) is 30.6 Å². The molecule has 0 saturated carbocycles. The lowest BCUT2D eigenvalue weighted by Gasteiger charge is -2.08. The summed E-state index contributed by atoms with van der Waals surface area (Å²) in [6.45, 7) is 2.40. The number of H-pyrrole nitrogens is 1. The van der Waals surface area contributed by atoms with Gasteiger partial charge in [-0.25, -0.2) is 0 Å². The van der Waals surface area contributed by atoms with E-state index in [1.165, 1.54) is 0 Å². The van der Waals surface area contributed by atoms with Crippen molar-refractivity contribution in [1.82, 2.24) is 15.5 Å². The Morgan fingerprint density at radius 2 is 2.28 bits per heavy atom. The van der Waals surface area contributed by atoms with Crippen molar-refractivity contribution in [2.45, 2.75) is 13.5 Å². The number of nitrogens with one attached hydrogen (secondary N) is 3. The van der Waals surface area contributed by atoms with Crippen LogP contribution < -0.4 is 10.6 Å². The molecular formula is C13H16N4O. The first-order chi connectivity index (χ1) is 8.70. The first kappa shape index (κ1) is 12.2. The van der Waals surface area contributed by atoms with Crippen molar-refractivity contribution in [3.05, 3.63) is 47.3 Å². The molecular weight excluding hydrogens is 228 g/mol. The number of rotatable bonds is 4. The highest BCUT2D eigenvalue weighted by atomic mass is 16.1. The zero-order valence-electron chi connectivity index (χ0n) is 10.4. The Morgan fingerprint density at radius 3 is 2.89 bits per heavy atom. The maximum absolute atomic E-state index is 12.0. The first-order valence-corrected chi connectivity index (χ1v) is 5.75. The van der Waals surface area contributed by atoms with Gasteiger partial charge in [0.05, 0.1) is 6.20 Å². The van der Waals surface area contributed by atoms with Gasteiger partial charge in [0.15, 0.2) is 0 Å². The molecule has 5 heteroatoms. The lowest BCUT2D eigenvalue weighted by atomic mass is 10.1. The minimum atomic E-state index is -0.0728. The number of amides is 1. The quantitative estimate of drug-likeness (QED) is 0.766. The Balaban J connectivity index is 2.04. The van der Waals surface area contributed by atoms with Crippen LogP contribution in [0.2, 0.25) is 0 Å². The summed E-state index contributed by atoms with van der Waals surface area (Å²) in [7, 11) is 1.85. The van der Waals surface area contributed by atoms with Crippen LogP contribution in [0.5, 0.6) is 0 Å². The fraction of sp³-hybridized carbons (Fsp3) is 0.231. The number of carbonyl (C=O) groups excluding carboxylic acids is 1. The molecule has 0 atom stereocenters. The molecule has 3 N–H and O–H groups in total. The summed E-state index contributed by atoms with van der Waals surface area (Å²) in [6.07, 6.45) is 3.45. The van der Waals surface area contributed by atoms with Gasteiger partial charge >= 0.3 is 0 Å². The maximum atomic E-state index is 12.0. The monoisotopic (exact) mass is 244 g/mol. The van der Waals surface area contributed by atoms with E-state index in [4.69, 9.17) is 0 Å². The molecule has 0 saturated heterocycles. The lowest BCUT2D eigenvalue weighted by molar-refractivity contribution is 0.0950. The number of aromatic amines is 1. The normalized spacial score (nSPS) is 10.1. The molecule has 0 spiro atoms. The predicted octanol–water partition coefficient (Wildman–Crippen LogP) is 1.69. The van der Waals surface area contributed by atoms with Gasteiger partial charge in [0.2, 0.25) is 0 Å². The molecule has 2 rings (SSSR count). The van der Waals surface area contributed by atoms with Crippen molar-refractivity contribution < 1.29 is 4.79 Å². The third kappa shape index (κ3) is 2.68. The van der Waals surface area contributed by atoms with Crippen LogP contribution in [0.25, 0.3) is 0 Å². The van der Waals surface area contributed by atoms with Gasteiger partial charge in [-0.05, 0) is 30.7 Å². The number of aromatic nitrogens is 2. The second kappa shape index (κ2) is 5.35. The second-order valence-corrected chi connectivity index (χ2v) is 4.07. The van der Waals surface area contributed by atoms with E-state index < -0.39 is 0 Å². The topological polar surface area (TPSA) is 69.8 Å². The molecule has 1 amide bonds. The summed E-state index contributed by atoms with van der Waals surface area (Å²) in [5.74, 6) is -0.0728. The van der Waals surface area contributed by atoms with Crippen molar-refractivity contribution in [2.24, 2.45) is 0 Å². The molecule has 1 aromatic carbocycles. The number of anilines is 1. The Kier molecular flexibility index (Phi) is 3.62. The van der Waals surface area contributed by atoms with E-state index in [-0.39, 0.29) is 5.91 Å². The number of hydrogen-bond acceptors (Lipinski definition) is 3. The van der Waals surface area contributed by atoms with E-state index in [9.17, 15) is 4.79 Å². The predicted molar refractivity (Wildman–Crippen MR) is 70.5 cm³/mol. The number of benzene rings is 1. The fourth-order valence-corrected chi connectivity index (χ4v) is 1.73. The largest absolute Gasteiger partial charge is 0.388 e. The number of nitrogens with zero attached hydrogens (tertiary/aromatic N) is 1. The van der Waals surface area contributed by atoms with Crippen LogP contribution in [-0.2, 0) is 6.54 Å². The zero-order valence-corrected chi connectivity index (χ0v) is 10.4. The highest BCUT2D eigenvalue weighted by Gasteiger charge is 2.09. The van der Waals surface area contributed by atoms with E-state index in [0.717, 1.165) is 16.8 Å². The standard InChI is InChI=1S/C13H16N4O/c1-9-5-11(14-2)3-4-12(9)13(18)15-6-10-7-16-17-8-10/h3-5,7-8,14H,6H2,1-2H3,(H,15,18)(H,16,17). The van der Waals surface area contributed by atoms with Gasteiger partial charge in [-0.3, -0.25) is 9.89 Å². The number of hydrogen-bond donors (Lipinski definition) is 3. The van der Waals surface area contributed by atoms with E-state index in [1.807, 2.05) is 32.2 Å². The van der Waals surface area contributed by atoms with Crippen molar-refractivity contribution in [2.75, 3.05) is 12.4 Å². The summed E-state index contributed by atoms with van der Waals surface area (Å²) in [6, 6.07) is 5.67. The molecule has 2 aromatic rings. The molecule has 0 aliphatic carbocycles. The summed E-state index contributed by atoms with van der Waals surface area (Å²) in [4.78, 5) is 12.0. The third-order valence-corrected chi connectivity index (χ3v) is 2.77. The van der Waals surface area contributed by atoms with Crippen LogP contribution in [0.1, 0.15) is 21.5 Å². The van der Waals surface area contributed by atoms with Gasteiger partial charge in [-0.1, -0.05) is 0 Å². The minimum Gasteiger partial charge on any atom is -0.388 e. The Labute approximate surface area is 106 Å². The summed E-state index contributed by atoms with van der Waals surface area (Å²) >= 11 is 0. The SMILES string of the molecule is CNc1ccc(C(=O)NCc2cn[nH]c2)c(C)c1. The first-order valence-electron chi connectivity index (χ1n) is 5.75. The molecule has 0 bridgehead atoms. The number of aryl methyl sites for hydroxylation is 1. The second-order valence-electron chi connectivity index (χ2n) is 4.07. The molecule has 0 aliphatic heterocycles. The van der Waals surface area contributed by atoms with Crippen molar-refractivity contribution in [1.29, 1.82) is 0 Å². The maximum Gasteiger partial charge on any atom is 0.251 e. The van der Waals surface area contributed by atoms with Gasteiger partial charge in [-0.2, -0.15) is 5.10 Å². The van der Waals surface area contributed by atoms with Crippen molar-refractivity contribution >= 4 is 11.6 Å². The summed E-state index contributed by atoms with van der Waals surface area (Å²) in [5, 5.41) is 12.4. The lowest BCUT2D eigenvalue weighted by Crippen LogP contribution is -2.23. The van der Waals surface area contributed by atoms with Crippen molar-refractivity contribution in [3.63, 3.8) is 0 Å². The highest BCUT2D eigenvalue weighted by Crippen LogP contribution is 2.14. The summed E-state index contributed by atoms with van der Waals surface area (Å²) < 4.78 is 0. The zero-order chi connectivity index (χ0) is 13.0. The molecule has 0 radical (unpaired) electrons. The van der Waals surface area contributed by atoms with E-state index >= 15 is 0 Å². The van der Waals surface area contributed by atoms with E-state index in [1.54, 1.807) is 12.4 Å². The molecule has 5 nitrogen and oxygen atoms in total. The van der Waals surface area contributed by atoms with Gasteiger partial charge in [0.1, 0.15) is 0 Å². The fourth-order valence-electron chi connectivity index (χ4n) is 1.73. The average Bonchev–Trinajstić information content (AvgIpc) is 2.88. The molecule has 94 valence electrons. The Morgan fingerprint density at radius 1 is 1.44 bits per heavy atom. The van der Waals surface area contributed by atoms with Gasteiger partial charge in [0.25, 0.3) is 5.91 Å². The van der Waals surface area contributed by atoms with Crippen LogP contribution in [-0.4, -0.2) is 23.2 Å². The van der Waals surface area contributed by atoms with Gasteiger partial charge in [0, 0.05) is 36.6 Å². The average molecular weight is 244 g/mol. The minimum absolute atomic E-state index is 0.0728. The van der Waals surface area contributed by atoms with Gasteiger partial charge in [-0.15, -0.1) is 0 Å². The molecule has 18 heavy (non-hydrogen) atoms. The summed E-state index contributed by atoms with van der Waals surface area (Å²) in [5.41, 5.74) is 3.59. The molecule has 1 heterocycles.